The minimum atomic E-state index is -2.81. The normalized spacial score (nSPS) is 16.2. The molecule has 4 rings (SSSR count). The highest BCUT2D eigenvalue weighted by Gasteiger charge is 2.32. The molecule has 0 aliphatic carbocycles. The van der Waals surface area contributed by atoms with Gasteiger partial charge in [0.05, 0.1) is 30.9 Å². The van der Waals surface area contributed by atoms with Crippen molar-refractivity contribution in [1.82, 2.24) is 9.97 Å². The van der Waals surface area contributed by atoms with Crippen LogP contribution in [0.25, 0.3) is 10.9 Å². The van der Waals surface area contributed by atoms with E-state index >= 15 is 0 Å². The number of ether oxygens (including phenoxy) is 1. The van der Waals surface area contributed by atoms with Crippen LogP contribution in [-0.4, -0.2) is 36.5 Å². The summed E-state index contributed by atoms with van der Waals surface area (Å²) in [6, 6.07) is 9.26. The van der Waals surface area contributed by atoms with Gasteiger partial charge in [-0.05, 0) is 48.2 Å². The van der Waals surface area contributed by atoms with Gasteiger partial charge in [-0.15, -0.1) is 0 Å². The second-order valence-electron chi connectivity index (χ2n) is 6.51. The van der Waals surface area contributed by atoms with E-state index in [-0.39, 0.29) is 22.7 Å². The molecule has 3 heterocycles. The van der Waals surface area contributed by atoms with E-state index < -0.39 is 9.84 Å². The summed E-state index contributed by atoms with van der Waals surface area (Å²) in [5.74, 6) is 2.65. The Balaban J connectivity index is 1.49. The van der Waals surface area contributed by atoms with E-state index in [0.717, 1.165) is 11.1 Å². The van der Waals surface area contributed by atoms with Gasteiger partial charge in [-0.1, -0.05) is 6.07 Å². The number of rotatable bonds is 7. The largest absolute Gasteiger partial charge is 0.491 e. The van der Waals surface area contributed by atoms with Gasteiger partial charge in [-0.25, -0.2) is 18.4 Å². The van der Waals surface area contributed by atoms with E-state index in [4.69, 9.17) is 20.8 Å². The maximum Gasteiger partial charge on any atom is 0.225 e. The number of benzene rings is 1. The summed E-state index contributed by atoms with van der Waals surface area (Å²) >= 11 is 6.10. The van der Waals surface area contributed by atoms with Crippen molar-refractivity contribution in [2.24, 2.45) is 5.92 Å². The lowest BCUT2D eigenvalue weighted by Gasteiger charge is -2.25. The Morgan fingerprint density at radius 1 is 1.22 bits per heavy atom. The van der Waals surface area contributed by atoms with Crippen molar-refractivity contribution < 1.29 is 17.6 Å². The van der Waals surface area contributed by atoms with E-state index in [0.29, 0.717) is 36.7 Å². The molecule has 142 valence electrons. The zero-order chi connectivity index (χ0) is 18.9. The van der Waals surface area contributed by atoms with Crippen LogP contribution in [0.15, 0.2) is 41.0 Å². The summed E-state index contributed by atoms with van der Waals surface area (Å²) in [6.45, 7) is 0.896. The second-order valence-corrected chi connectivity index (χ2v) is 9.00. The van der Waals surface area contributed by atoms with E-state index in [1.54, 1.807) is 6.26 Å². The minimum Gasteiger partial charge on any atom is -0.491 e. The van der Waals surface area contributed by atoms with Crippen molar-refractivity contribution in [2.75, 3.05) is 23.4 Å². The predicted octanol–water partition coefficient (Wildman–Crippen LogP) is 3.30. The molecule has 27 heavy (non-hydrogen) atoms. The molecule has 0 spiro atoms. The Morgan fingerprint density at radius 3 is 2.81 bits per heavy atom. The molecule has 3 aromatic rings. The highest BCUT2D eigenvalue weighted by Crippen LogP contribution is 2.30. The summed E-state index contributed by atoms with van der Waals surface area (Å²) in [7, 11) is -2.81. The molecule has 0 unspecified atom stereocenters. The SMILES string of the molecule is O=S1(=O)CC(CCOc2cccc3c(NCc4ccco4)nc(Cl)nc23)C1. The van der Waals surface area contributed by atoms with Crippen molar-refractivity contribution in [3.63, 3.8) is 0 Å². The fourth-order valence-corrected chi connectivity index (χ4v) is 4.95. The first kappa shape index (κ1) is 18.1. The molecule has 1 aliphatic heterocycles. The Bertz CT molecular complexity index is 1040. The Labute approximate surface area is 161 Å². The summed E-state index contributed by atoms with van der Waals surface area (Å²) in [5.41, 5.74) is 0.612. The van der Waals surface area contributed by atoms with Gasteiger partial charge in [0.2, 0.25) is 5.28 Å². The quantitative estimate of drug-likeness (QED) is 0.600. The van der Waals surface area contributed by atoms with Crippen molar-refractivity contribution in [1.29, 1.82) is 0 Å². The van der Waals surface area contributed by atoms with Crippen molar-refractivity contribution >= 4 is 38.2 Å². The molecule has 1 N–H and O–H groups in total. The maximum absolute atomic E-state index is 11.2. The third-order valence-electron chi connectivity index (χ3n) is 4.44. The third kappa shape index (κ3) is 4.17. The van der Waals surface area contributed by atoms with Gasteiger partial charge in [-0.2, -0.15) is 0 Å². The smallest absolute Gasteiger partial charge is 0.225 e. The number of sulfone groups is 1. The summed E-state index contributed by atoms with van der Waals surface area (Å²) in [4.78, 5) is 8.57. The lowest BCUT2D eigenvalue weighted by atomic mass is 10.1. The van der Waals surface area contributed by atoms with Gasteiger partial charge in [0.25, 0.3) is 0 Å². The molecule has 2 aromatic heterocycles. The average Bonchev–Trinajstić information content (AvgIpc) is 3.12. The van der Waals surface area contributed by atoms with E-state index in [2.05, 4.69) is 15.3 Å². The lowest BCUT2D eigenvalue weighted by molar-refractivity contribution is 0.288. The molecule has 1 saturated heterocycles. The fourth-order valence-electron chi connectivity index (χ4n) is 3.11. The Hall–Kier alpha value is -2.32. The van der Waals surface area contributed by atoms with E-state index in [1.165, 1.54) is 0 Å². The molecule has 0 amide bonds. The van der Waals surface area contributed by atoms with Gasteiger partial charge in [0.15, 0.2) is 9.84 Å². The minimum absolute atomic E-state index is 0.116. The number of hydrogen-bond acceptors (Lipinski definition) is 7. The van der Waals surface area contributed by atoms with Crippen LogP contribution >= 0.6 is 11.6 Å². The fraction of sp³-hybridized carbons (Fsp3) is 0.333. The van der Waals surface area contributed by atoms with Crippen LogP contribution in [-0.2, 0) is 16.4 Å². The molecule has 1 aromatic carbocycles. The van der Waals surface area contributed by atoms with Gasteiger partial charge in [-0.3, -0.25) is 0 Å². The van der Waals surface area contributed by atoms with Gasteiger partial charge >= 0.3 is 0 Å². The number of para-hydroxylation sites is 1. The van der Waals surface area contributed by atoms with E-state index in [9.17, 15) is 8.42 Å². The van der Waals surface area contributed by atoms with Crippen LogP contribution in [0.3, 0.4) is 0 Å². The van der Waals surface area contributed by atoms with Crippen LogP contribution < -0.4 is 10.1 Å². The highest BCUT2D eigenvalue weighted by molar-refractivity contribution is 7.92. The summed E-state index contributed by atoms with van der Waals surface area (Å²) in [5, 5.41) is 4.11. The first-order valence-corrected chi connectivity index (χ1v) is 10.8. The number of aromatic nitrogens is 2. The van der Waals surface area contributed by atoms with Gasteiger partial charge in [0.1, 0.15) is 22.8 Å². The van der Waals surface area contributed by atoms with Crippen LogP contribution in [0.1, 0.15) is 12.2 Å². The average molecular weight is 408 g/mol. The molecule has 1 aliphatic rings. The molecule has 0 radical (unpaired) electrons. The second kappa shape index (κ2) is 7.36. The van der Waals surface area contributed by atoms with Crippen LogP contribution in [0.5, 0.6) is 5.75 Å². The van der Waals surface area contributed by atoms with Crippen molar-refractivity contribution in [2.45, 2.75) is 13.0 Å². The van der Waals surface area contributed by atoms with E-state index in [1.807, 2.05) is 30.3 Å². The third-order valence-corrected chi connectivity index (χ3v) is 6.56. The van der Waals surface area contributed by atoms with Crippen LogP contribution in [0.4, 0.5) is 5.82 Å². The lowest BCUT2D eigenvalue weighted by Crippen LogP contribution is -2.37. The van der Waals surface area contributed by atoms with Crippen LogP contribution in [0, 0.1) is 5.92 Å². The maximum atomic E-state index is 11.2. The molecule has 1 fully saturated rings. The first-order chi connectivity index (χ1) is 13.0. The van der Waals surface area contributed by atoms with Crippen molar-refractivity contribution in [3.8, 4) is 5.75 Å². The number of anilines is 1. The molecule has 7 nitrogen and oxygen atoms in total. The van der Waals surface area contributed by atoms with Gasteiger partial charge < -0.3 is 14.5 Å². The number of fused-ring (bicyclic) bond motifs is 1. The standard InChI is InChI=1S/C18H18ClN3O4S/c19-18-21-16-14(17(22-18)20-9-13-3-2-7-25-13)4-1-5-15(16)26-8-6-12-10-27(23,24)11-12/h1-5,7,12H,6,8-11H2,(H,20,21,22). The van der Waals surface area contributed by atoms with Crippen LogP contribution in [0.2, 0.25) is 5.28 Å². The Morgan fingerprint density at radius 2 is 2.07 bits per heavy atom. The molecule has 0 saturated carbocycles. The molecule has 0 bridgehead atoms. The number of furan rings is 1. The van der Waals surface area contributed by atoms with Crippen molar-refractivity contribution in [3.05, 3.63) is 47.6 Å². The zero-order valence-electron chi connectivity index (χ0n) is 14.4. The first-order valence-electron chi connectivity index (χ1n) is 8.56. The number of hydrogen-bond donors (Lipinski definition) is 1. The zero-order valence-corrected chi connectivity index (χ0v) is 16.0. The summed E-state index contributed by atoms with van der Waals surface area (Å²) < 4.78 is 33.7. The molecular formula is C18H18ClN3O4S. The topological polar surface area (TPSA) is 94.3 Å². The number of nitrogens with one attached hydrogen (secondary N) is 1. The molecule has 0 atom stereocenters. The monoisotopic (exact) mass is 407 g/mol. The Kier molecular flexibility index (Phi) is 4.92. The van der Waals surface area contributed by atoms with Gasteiger partial charge in [0, 0.05) is 5.39 Å². The number of nitrogens with zero attached hydrogens (tertiary/aromatic N) is 2. The predicted molar refractivity (Wildman–Crippen MR) is 103 cm³/mol. The highest BCUT2D eigenvalue weighted by atomic mass is 35.5. The molecular weight excluding hydrogens is 390 g/mol. The summed E-state index contributed by atoms with van der Waals surface area (Å²) in [6.07, 6.45) is 2.30. The molecule has 9 heteroatoms. The number of halogens is 1.